The van der Waals surface area contributed by atoms with Crippen LogP contribution in [0.4, 0.5) is 0 Å². The van der Waals surface area contributed by atoms with Crippen molar-refractivity contribution in [3.05, 3.63) is 35.9 Å². The second kappa shape index (κ2) is 6.76. The number of rotatable bonds is 4. The van der Waals surface area contributed by atoms with Crippen molar-refractivity contribution in [1.82, 2.24) is 5.32 Å². The summed E-state index contributed by atoms with van der Waals surface area (Å²) < 4.78 is 0. The highest BCUT2D eigenvalue weighted by atomic mass is 35.5. The number of halogens is 1. The predicted octanol–water partition coefficient (Wildman–Crippen LogP) is 2.00. The third-order valence-electron chi connectivity index (χ3n) is 3.65. The van der Waals surface area contributed by atoms with Crippen LogP contribution in [0.25, 0.3) is 0 Å². The number of nitrogens with one attached hydrogen (secondary N) is 1. The third kappa shape index (κ3) is 2.85. The zero-order valence-corrected chi connectivity index (χ0v) is 11.3. The molecule has 0 heterocycles. The summed E-state index contributed by atoms with van der Waals surface area (Å²) in [5, 5.41) is 2.95. The van der Waals surface area contributed by atoms with Crippen LogP contribution >= 0.6 is 12.4 Å². The maximum Gasteiger partial charge on any atom is 0.230 e. The molecule has 1 aromatic carbocycles. The fourth-order valence-electron chi connectivity index (χ4n) is 2.74. The van der Waals surface area contributed by atoms with E-state index in [0.717, 1.165) is 31.2 Å². The van der Waals surface area contributed by atoms with Crippen LogP contribution in [-0.2, 0) is 10.2 Å². The summed E-state index contributed by atoms with van der Waals surface area (Å²) in [5.41, 5.74) is 6.28. The number of nitrogens with two attached hydrogens (primary N) is 1. The number of carbonyl (C=O) groups excluding carboxylic acids is 1. The van der Waals surface area contributed by atoms with Gasteiger partial charge in [0.25, 0.3) is 0 Å². The molecule has 0 aliphatic heterocycles. The largest absolute Gasteiger partial charge is 0.354 e. The standard InChI is InChI=1S/C14H20N2O.ClH/c15-10-11-16-13(17)14(8-4-5-9-14)12-6-2-1-3-7-12;/h1-3,6-7H,4-5,8-11,15H2,(H,16,17);1H. The van der Waals surface area contributed by atoms with Crippen molar-refractivity contribution in [2.75, 3.05) is 13.1 Å². The number of hydrogen-bond acceptors (Lipinski definition) is 2. The van der Waals surface area contributed by atoms with Gasteiger partial charge in [0.2, 0.25) is 5.91 Å². The summed E-state index contributed by atoms with van der Waals surface area (Å²) in [6, 6.07) is 10.1. The molecule has 0 saturated heterocycles. The van der Waals surface area contributed by atoms with E-state index >= 15 is 0 Å². The molecule has 1 saturated carbocycles. The Kier molecular flexibility index (Phi) is 5.63. The van der Waals surface area contributed by atoms with Crippen molar-refractivity contribution < 1.29 is 4.79 Å². The highest BCUT2D eigenvalue weighted by Crippen LogP contribution is 2.41. The molecule has 0 unspecified atom stereocenters. The van der Waals surface area contributed by atoms with Crippen molar-refractivity contribution in [1.29, 1.82) is 0 Å². The first-order valence-electron chi connectivity index (χ1n) is 6.33. The fourth-order valence-corrected chi connectivity index (χ4v) is 2.74. The van der Waals surface area contributed by atoms with E-state index in [9.17, 15) is 4.79 Å². The minimum Gasteiger partial charge on any atom is -0.354 e. The smallest absolute Gasteiger partial charge is 0.230 e. The van der Waals surface area contributed by atoms with Crippen molar-refractivity contribution in [3.8, 4) is 0 Å². The van der Waals surface area contributed by atoms with Crippen LogP contribution in [0.2, 0.25) is 0 Å². The van der Waals surface area contributed by atoms with Gasteiger partial charge in [-0.15, -0.1) is 12.4 Å². The molecule has 0 radical (unpaired) electrons. The van der Waals surface area contributed by atoms with Gasteiger partial charge in [-0.1, -0.05) is 43.2 Å². The topological polar surface area (TPSA) is 55.1 Å². The zero-order chi connectivity index (χ0) is 12.1. The Balaban J connectivity index is 0.00000162. The molecule has 0 bridgehead atoms. The number of amides is 1. The van der Waals surface area contributed by atoms with E-state index in [4.69, 9.17) is 5.73 Å². The SMILES string of the molecule is Cl.NCCNC(=O)C1(c2ccccc2)CCCC1. The van der Waals surface area contributed by atoms with E-state index in [1.165, 1.54) is 0 Å². The second-order valence-corrected chi connectivity index (χ2v) is 4.70. The molecule has 3 nitrogen and oxygen atoms in total. The van der Waals surface area contributed by atoms with Gasteiger partial charge in [-0.2, -0.15) is 0 Å². The van der Waals surface area contributed by atoms with Gasteiger partial charge < -0.3 is 11.1 Å². The monoisotopic (exact) mass is 268 g/mol. The van der Waals surface area contributed by atoms with Crippen LogP contribution < -0.4 is 11.1 Å². The van der Waals surface area contributed by atoms with Crippen LogP contribution in [-0.4, -0.2) is 19.0 Å². The van der Waals surface area contributed by atoms with E-state index in [-0.39, 0.29) is 23.7 Å². The Hall–Kier alpha value is -1.06. The molecule has 0 atom stereocenters. The molecule has 0 aromatic heterocycles. The Labute approximate surface area is 115 Å². The van der Waals surface area contributed by atoms with Gasteiger partial charge in [-0.05, 0) is 18.4 Å². The fraction of sp³-hybridized carbons (Fsp3) is 0.500. The molecule has 4 heteroatoms. The number of carbonyl (C=O) groups is 1. The summed E-state index contributed by atoms with van der Waals surface area (Å²) in [6.07, 6.45) is 4.16. The number of hydrogen-bond donors (Lipinski definition) is 2. The molecule has 1 aromatic rings. The molecular weight excluding hydrogens is 248 g/mol. The lowest BCUT2D eigenvalue weighted by molar-refractivity contribution is -0.126. The van der Waals surface area contributed by atoms with Gasteiger partial charge >= 0.3 is 0 Å². The predicted molar refractivity (Wildman–Crippen MR) is 75.9 cm³/mol. The van der Waals surface area contributed by atoms with Gasteiger partial charge in [-0.3, -0.25) is 4.79 Å². The average Bonchev–Trinajstić information content (AvgIpc) is 2.87. The van der Waals surface area contributed by atoms with E-state index < -0.39 is 0 Å². The normalized spacial score (nSPS) is 16.9. The van der Waals surface area contributed by atoms with Crippen LogP contribution in [0, 0.1) is 0 Å². The Bertz CT molecular complexity index is 375. The van der Waals surface area contributed by atoms with E-state index in [0.29, 0.717) is 13.1 Å². The molecule has 100 valence electrons. The molecule has 2 rings (SSSR count). The lowest BCUT2D eigenvalue weighted by atomic mass is 9.78. The minimum atomic E-state index is -0.309. The van der Waals surface area contributed by atoms with E-state index in [1.807, 2.05) is 18.2 Å². The number of benzene rings is 1. The molecule has 18 heavy (non-hydrogen) atoms. The average molecular weight is 269 g/mol. The van der Waals surface area contributed by atoms with Gasteiger partial charge in [0.1, 0.15) is 0 Å². The maximum atomic E-state index is 12.4. The molecular formula is C14H21ClN2O. The highest BCUT2D eigenvalue weighted by Gasteiger charge is 2.42. The molecule has 1 aliphatic carbocycles. The molecule has 1 amide bonds. The molecule has 0 spiro atoms. The highest BCUT2D eigenvalue weighted by molar-refractivity contribution is 5.88. The van der Waals surface area contributed by atoms with Crippen molar-refractivity contribution in [2.24, 2.45) is 5.73 Å². The van der Waals surface area contributed by atoms with Gasteiger partial charge in [0.15, 0.2) is 0 Å². The van der Waals surface area contributed by atoms with E-state index in [1.54, 1.807) is 0 Å². The van der Waals surface area contributed by atoms with Gasteiger partial charge in [0, 0.05) is 13.1 Å². The first-order chi connectivity index (χ1) is 8.29. The quantitative estimate of drug-likeness (QED) is 0.878. The van der Waals surface area contributed by atoms with Crippen LogP contribution in [0.1, 0.15) is 31.2 Å². The molecule has 1 fully saturated rings. The lowest BCUT2D eigenvalue weighted by Gasteiger charge is -2.28. The van der Waals surface area contributed by atoms with Crippen molar-refractivity contribution in [2.45, 2.75) is 31.1 Å². The minimum absolute atomic E-state index is 0. The first kappa shape index (κ1) is 15.0. The zero-order valence-electron chi connectivity index (χ0n) is 10.5. The van der Waals surface area contributed by atoms with Gasteiger partial charge in [-0.25, -0.2) is 0 Å². The summed E-state index contributed by atoms with van der Waals surface area (Å²) >= 11 is 0. The van der Waals surface area contributed by atoms with E-state index in [2.05, 4.69) is 17.4 Å². The maximum absolute atomic E-state index is 12.4. The summed E-state index contributed by atoms with van der Waals surface area (Å²) in [6.45, 7) is 1.06. The summed E-state index contributed by atoms with van der Waals surface area (Å²) in [7, 11) is 0. The Morgan fingerprint density at radius 2 is 1.83 bits per heavy atom. The Morgan fingerprint density at radius 3 is 2.39 bits per heavy atom. The molecule has 3 N–H and O–H groups in total. The Morgan fingerprint density at radius 1 is 1.22 bits per heavy atom. The van der Waals surface area contributed by atoms with Crippen molar-refractivity contribution >= 4 is 18.3 Å². The van der Waals surface area contributed by atoms with Crippen LogP contribution in [0.15, 0.2) is 30.3 Å². The van der Waals surface area contributed by atoms with Crippen LogP contribution in [0.5, 0.6) is 0 Å². The van der Waals surface area contributed by atoms with Crippen molar-refractivity contribution in [3.63, 3.8) is 0 Å². The molecule has 1 aliphatic rings. The third-order valence-corrected chi connectivity index (χ3v) is 3.65. The summed E-state index contributed by atoms with van der Waals surface area (Å²) in [5.74, 6) is 0.145. The first-order valence-corrected chi connectivity index (χ1v) is 6.33. The summed E-state index contributed by atoms with van der Waals surface area (Å²) in [4.78, 5) is 12.4. The van der Waals surface area contributed by atoms with Crippen LogP contribution in [0.3, 0.4) is 0 Å². The van der Waals surface area contributed by atoms with Gasteiger partial charge in [0.05, 0.1) is 5.41 Å². The lowest BCUT2D eigenvalue weighted by Crippen LogP contribution is -2.44. The second-order valence-electron chi connectivity index (χ2n) is 4.70.